The molecule has 0 radical (unpaired) electrons. The highest BCUT2D eigenvalue weighted by molar-refractivity contribution is 5.80. The summed E-state index contributed by atoms with van der Waals surface area (Å²) in [5.41, 5.74) is 26.1. The third-order valence-electron chi connectivity index (χ3n) is 4.96. The fourth-order valence-electron chi connectivity index (χ4n) is 3.45. The second kappa shape index (κ2) is 8.73. The highest BCUT2D eigenvalue weighted by atomic mass is 15.3. The largest absolute Gasteiger partial charge is 0.404 e. The molecule has 1 aliphatic heterocycles. The summed E-state index contributed by atoms with van der Waals surface area (Å²) in [6, 6.07) is 8.69. The lowest BCUT2D eigenvalue weighted by Gasteiger charge is -2.24. The molecule has 1 aromatic heterocycles. The van der Waals surface area contributed by atoms with E-state index in [9.17, 15) is 0 Å². The number of pyridine rings is 1. The fraction of sp³-hybridized carbons (Fsp3) is 0.300. The molecule has 148 valence electrons. The SMILES string of the molecule is CC1NCCc2cc(CN=CC(=CN)Cc3cc(N)nc(NN)c3N)ccc21. The van der Waals surface area contributed by atoms with E-state index in [0.29, 0.717) is 36.3 Å². The van der Waals surface area contributed by atoms with Crippen molar-refractivity contribution in [3.8, 4) is 0 Å². The number of nitrogens with one attached hydrogen (secondary N) is 2. The summed E-state index contributed by atoms with van der Waals surface area (Å²) in [7, 11) is 0. The Morgan fingerprint density at radius 3 is 2.93 bits per heavy atom. The number of aliphatic imine (C=N–C) groups is 1. The summed E-state index contributed by atoms with van der Waals surface area (Å²) >= 11 is 0. The highest BCUT2D eigenvalue weighted by Crippen LogP contribution is 2.25. The Morgan fingerprint density at radius 1 is 1.36 bits per heavy atom. The molecule has 0 spiro atoms. The zero-order chi connectivity index (χ0) is 20.1. The van der Waals surface area contributed by atoms with Gasteiger partial charge in [-0.2, -0.15) is 0 Å². The van der Waals surface area contributed by atoms with Crippen molar-refractivity contribution in [3.63, 3.8) is 0 Å². The number of fused-ring (bicyclic) bond motifs is 1. The van der Waals surface area contributed by atoms with Crippen molar-refractivity contribution in [3.05, 3.63) is 58.3 Å². The molecule has 0 amide bonds. The van der Waals surface area contributed by atoms with E-state index >= 15 is 0 Å². The molecule has 1 atom stereocenters. The first-order chi connectivity index (χ1) is 13.5. The molecule has 8 heteroatoms. The van der Waals surface area contributed by atoms with Gasteiger partial charge < -0.3 is 27.9 Å². The number of nitrogens with two attached hydrogens (primary N) is 4. The molecule has 2 aromatic rings. The lowest BCUT2D eigenvalue weighted by molar-refractivity contribution is 0.540. The van der Waals surface area contributed by atoms with Crippen LogP contribution in [0.1, 0.15) is 35.2 Å². The van der Waals surface area contributed by atoms with E-state index in [1.807, 2.05) is 0 Å². The van der Waals surface area contributed by atoms with Gasteiger partial charge in [-0.3, -0.25) is 4.99 Å². The summed E-state index contributed by atoms with van der Waals surface area (Å²) in [5.74, 6) is 6.12. The fourth-order valence-corrected chi connectivity index (χ4v) is 3.45. The van der Waals surface area contributed by atoms with Crippen molar-refractivity contribution in [1.82, 2.24) is 10.3 Å². The molecule has 0 fully saturated rings. The molecule has 0 saturated heterocycles. The van der Waals surface area contributed by atoms with Crippen LogP contribution in [0.25, 0.3) is 0 Å². The quantitative estimate of drug-likeness (QED) is 0.251. The van der Waals surface area contributed by atoms with Crippen LogP contribution in [0, 0.1) is 0 Å². The van der Waals surface area contributed by atoms with Crippen molar-refractivity contribution in [2.45, 2.75) is 32.4 Å². The third-order valence-corrected chi connectivity index (χ3v) is 4.96. The maximum absolute atomic E-state index is 6.08. The average molecular weight is 381 g/mol. The van der Waals surface area contributed by atoms with Crippen LogP contribution in [0.4, 0.5) is 17.3 Å². The Balaban J connectivity index is 1.69. The summed E-state index contributed by atoms with van der Waals surface area (Å²) in [6.45, 7) is 3.80. The minimum Gasteiger partial charge on any atom is -0.404 e. The number of hydrazine groups is 1. The van der Waals surface area contributed by atoms with Crippen LogP contribution in [0.2, 0.25) is 0 Å². The highest BCUT2D eigenvalue weighted by Gasteiger charge is 2.15. The first-order valence-electron chi connectivity index (χ1n) is 9.29. The van der Waals surface area contributed by atoms with Gasteiger partial charge in [0, 0.05) is 18.7 Å². The summed E-state index contributed by atoms with van der Waals surface area (Å²) in [4.78, 5) is 8.61. The van der Waals surface area contributed by atoms with Gasteiger partial charge in [0.2, 0.25) is 0 Å². The van der Waals surface area contributed by atoms with Gasteiger partial charge in [-0.25, -0.2) is 10.8 Å². The van der Waals surface area contributed by atoms with E-state index in [1.165, 1.54) is 22.9 Å². The van der Waals surface area contributed by atoms with Crippen LogP contribution in [0.3, 0.4) is 0 Å². The Kier molecular flexibility index (Phi) is 6.13. The molecule has 3 rings (SSSR count). The van der Waals surface area contributed by atoms with Crippen LogP contribution in [-0.4, -0.2) is 17.7 Å². The third kappa shape index (κ3) is 4.41. The molecule has 1 unspecified atom stereocenters. The molecule has 0 aliphatic carbocycles. The van der Waals surface area contributed by atoms with Crippen LogP contribution < -0.4 is 33.8 Å². The van der Waals surface area contributed by atoms with Gasteiger partial charge in [-0.05, 0) is 60.0 Å². The van der Waals surface area contributed by atoms with Gasteiger partial charge in [-0.1, -0.05) is 18.2 Å². The molecule has 0 saturated carbocycles. The predicted octanol–water partition coefficient (Wildman–Crippen LogP) is 1.39. The van der Waals surface area contributed by atoms with Gasteiger partial charge >= 0.3 is 0 Å². The molecule has 10 N–H and O–H groups in total. The monoisotopic (exact) mass is 380 g/mol. The van der Waals surface area contributed by atoms with Crippen molar-refractivity contribution in [1.29, 1.82) is 0 Å². The molecular formula is C20H28N8. The van der Waals surface area contributed by atoms with E-state index in [2.05, 4.69) is 45.8 Å². The topological polar surface area (TPSA) is 153 Å². The van der Waals surface area contributed by atoms with E-state index < -0.39 is 0 Å². The van der Waals surface area contributed by atoms with E-state index in [0.717, 1.165) is 24.1 Å². The Morgan fingerprint density at radius 2 is 2.18 bits per heavy atom. The zero-order valence-corrected chi connectivity index (χ0v) is 16.1. The predicted molar refractivity (Wildman–Crippen MR) is 116 cm³/mol. The second-order valence-corrected chi connectivity index (χ2v) is 6.96. The molecule has 0 bridgehead atoms. The van der Waals surface area contributed by atoms with Gasteiger partial charge in [0.1, 0.15) is 5.82 Å². The first kappa shape index (κ1) is 19.7. The molecule has 2 heterocycles. The van der Waals surface area contributed by atoms with E-state index in [1.54, 1.807) is 12.3 Å². The molecule has 8 nitrogen and oxygen atoms in total. The lowest BCUT2D eigenvalue weighted by atomic mass is 9.93. The van der Waals surface area contributed by atoms with Crippen molar-refractivity contribution >= 4 is 23.5 Å². The number of benzene rings is 1. The smallest absolute Gasteiger partial charge is 0.165 e. The number of nitrogens with zero attached hydrogens (tertiary/aromatic N) is 2. The minimum absolute atomic E-state index is 0.336. The first-order valence-corrected chi connectivity index (χ1v) is 9.29. The normalized spacial score (nSPS) is 16.9. The van der Waals surface area contributed by atoms with Crippen molar-refractivity contribution in [2.24, 2.45) is 16.6 Å². The van der Waals surface area contributed by atoms with E-state index in [-0.39, 0.29) is 0 Å². The van der Waals surface area contributed by atoms with Crippen LogP contribution in [0.5, 0.6) is 0 Å². The Bertz CT molecular complexity index is 903. The number of allylic oxidation sites excluding steroid dienone is 1. The number of anilines is 3. The second-order valence-electron chi connectivity index (χ2n) is 6.96. The van der Waals surface area contributed by atoms with E-state index in [4.69, 9.17) is 23.0 Å². The van der Waals surface area contributed by atoms with Crippen LogP contribution in [-0.2, 0) is 19.4 Å². The summed E-state index contributed by atoms with van der Waals surface area (Å²) < 4.78 is 0. The average Bonchev–Trinajstić information content (AvgIpc) is 2.69. The van der Waals surface area contributed by atoms with Gasteiger partial charge in [0.05, 0.1) is 12.2 Å². The number of hydrogen-bond acceptors (Lipinski definition) is 8. The summed E-state index contributed by atoms with van der Waals surface area (Å²) in [5, 5.41) is 3.48. The maximum atomic E-state index is 6.08. The molecule has 1 aliphatic rings. The van der Waals surface area contributed by atoms with Gasteiger partial charge in [0.15, 0.2) is 5.82 Å². The molecule has 28 heavy (non-hydrogen) atoms. The number of nitrogen functional groups attached to an aromatic ring is 3. The van der Waals surface area contributed by atoms with Crippen LogP contribution >= 0.6 is 0 Å². The standard InChI is InChI=1S/C20H28N8/c1-12-17-3-2-13(6-15(17)4-5-26-12)10-25-11-14(9-21)7-16-8-18(22)27-20(28-24)19(16)23/h2-3,6,8-9,11-12,26H,4-5,7,10,21,23-24H2,1H3,(H3,22,27,28). The zero-order valence-electron chi connectivity index (χ0n) is 16.1. The Hall–Kier alpha value is -3.10. The minimum atomic E-state index is 0.336. The van der Waals surface area contributed by atoms with Crippen LogP contribution in [0.15, 0.2) is 41.0 Å². The molecular weight excluding hydrogens is 352 g/mol. The lowest BCUT2D eigenvalue weighted by Crippen LogP contribution is -2.27. The maximum Gasteiger partial charge on any atom is 0.165 e. The number of hydrogen-bond donors (Lipinski definition) is 6. The number of rotatable bonds is 6. The Labute approximate surface area is 165 Å². The van der Waals surface area contributed by atoms with Gasteiger partial charge in [0.25, 0.3) is 0 Å². The van der Waals surface area contributed by atoms with Crippen molar-refractivity contribution < 1.29 is 0 Å². The molecule has 1 aromatic carbocycles. The summed E-state index contributed by atoms with van der Waals surface area (Å²) in [6.07, 6.45) is 4.83. The number of aromatic nitrogens is 1. The van der Waals surface area contributed by atoms with Crippen molar-refractivity contribution in [2.75, 3.05) is 23.4 Å². The van der Waals surface area contributed by atoms with Gasteiger partial charge in [-0.15, -0.1) is 0 Å².